The van der Waals surface area contributed by atoms with Crippen LogP contribution >= 0.6 is 11.6 Å². The molecule has 0 aromatic carbocycles. The summed E-state index contributed by atoms with van der Waals surface area (Å²) in [6.07, 6.45) is 0.937. The van der Waals surface area contributed by atoms with Crippen LogP contribution in [-0.2, 0) is 26.1 Å². The average Bonchev–Trinajstić information content (AvgIpc) is 2.99. The monoisotopic (exact) mass is 406 g/mol. The van der Waals surface area contributed by atoms with Crippen LogP contribution in [0, 0.1) is 6.92 Å². The van der Waals surface area contributed by atoms with Crippen LogP contribution in [0.3, 0.4) is 0 Å². The number of carbonyl (C=O) groups excluding carboxylic acids is 1. The molecular weight excluding hydrogens is 376 g/mol. The number of carbonyl (C=O) groups is 1. The van der Waals surface area contributed by atoms with Crippen LogP contribution in [0.15, 0.2) is 6.07 Å². The van der Waals surface area contributed by atoms with Crippen molar-refractivity contribution in [3.63, 3.8) is 0 Å². The minimum atomic E-state index is -0.0767. The first kappa shape index (κ1) is 20.9. The smallest absolute Gasteiger partial charge is 0.272 e. The van der Waals surface area contributed by atoms with Gasteiger partial charge in [-0.25, -0.2) is 0 Å². The van der Waals surface area contributed by atoms with Crippen LogP contribution in [0.25, 0.3) is 0 Å². The van der Waals surface area contributed by atoms with Gasteiger partial charge in [0, 0.05) is 57.8 Å². The molecule has 1 aliphatic rings. The zero-order chi connectivity index (χ0) is 20.6. The lowest BCUT2D eigenvalue weighted by Gasteiger charge is -2.22. The van der Waals surface area contributed by atoms with E-state index in [9.17, 15) is 4.79 Å². The van der Waals surface area contributed by atoms with Crippen molar-refractivity contribution in [1.82, 2.24) is 29.4 Å². The summed E-state index contributed by atoms with van der Waals surface area (Å²) < 4.78 is 3.43. The maximum absolute atomic E-state index is 13.1. The van der Waals surface area contributed by atoms with E-state index in [1.54, 1.807) is 9.36 Å². The third kappa shape index (κ3) is 4.25. The lowest BCUT2D eigenvalue weighted by atomic mass is 9.92. The molecule has 0 unspecified atom stereocenters. The first-order chi connectivity index (χ1) is 13.1. The summed E-state index contributed by atoms with van der Waals surface area (Å²) in [5.74, 6) is 0.0583. The van der Waals surface area contributed by atoms with E-state index >= 15 is 0 Å². The van der Waals surface area contributed by atoms with Crippen molar-refractivity contribution in [1.29, 1.82) is 0 Å². The van der Waals surface area contributed by atoms with E-state index in [0.717, 1.165) is 49.6 Å². The van der Waals surface area contributed by atoms with E-state index in [2.05, 4.69) is 35.9 Å². The summed E-state index contributed by atoms with van der Waals surface area (Å²) in [4.78, 5) is 17.4. The molecule has 1 amide bonds. The van der Waals surface area contributed by atoms with Crippen LogP contribution in [0.4, 0.5) is 0 Å². The lowest BCUT2D eigenvalue weighted by Crippen LogP contribution is -2.36. The van der Waals surface area contributed by atoms with Gasteiger partial charge in [-0.05, 0) is 19.4 Å². The highest BCUT2D eigenvalue weighted by Gasteiger charge is 2.26. The van der Waals surface area contributed by atoms with E-state index in [-0.39, 0.29) is 11.3 Å². The van der Waals surface area contributed by atoms with Crippen molar-refractivity contribution in [3.8, 4) is 0 Å². The zero-order valence-corrected chi connectivity index (χ0v) is 18.5. The van der Waals surface area contributed by atoms with Gasteiger partial charge < -0.3 is 4.90 Å². The number of hydrogen-bond donors (Lipinski definition) is 0. The first-order valence-electron chi connectivity index (χ1n) is 9.82. The van der Waals surface area contributed by atoms with E-state index in [1.807, 2.05) is 32.0 Å². The maximum atomic E-state index is 13.1. The number of halogens is 1. The minimum Gasteiger partial charge on any atom is -0.336 e. The fraction of sp³-hybridized carbons (Fsp3) is 0.650. The number of amides is 1. The molecule has 1 aliphatic heterocycles. The summed E-state index contributed by atoms with van der Waals surface area (Å²) in [6, 6.07) is 1.93. The molecule has 154 valence electrons. The summed E-state index contributed by atoms with van der Waals surface area (Å²) in [5, 5.41) is 9.64. The van der Waals surface area contributed by atoms with Gasteiger partial charge in [0.25, 0.3) is 5.91 Å². The Morgan fingerprint density at radius 2 is 1.82 bits per heavy atom. The zero-order valence-electron chi connectivity index (χ0n) is 17.8. The standard InChI is InChI=1S/C20H31ClN6O/c1-14-15(18(21)25(6)22-14)13-26-8-7-9-27(11-10-26)19(28)16-12-17(20(2,3)4)23-24(16)5/h12H,7-11,13H2,1-6H3. The SMILES string of the molecule is Cc1nn(C)c(Cl)c1CN1CCCN(C(=O)c2cc(C(C)(C)C)nn2C)CC1. The second-order valence-electron chi connectivity index (χ2n) is 8.69. The summed E-state index contributed by atoms with van der Waals surface area (Å²) in [5.41, 5.74) is 3.56. The van der Waals surface area contributed by atoms with Crippen LogP contribution in [0.2, 0.25) is 5.15 Å². The molecule has 2 aromatic heterocycles. The van der Waals surface area contributed by atoms with Gasteiger partial charge >= 0.3 is 0 Å². The third-order valence-corrected chi connectivity index (χ3v) is 5.87. The second-order valence-corrected chi connectivity index (χ2v) is 9.05. The average molecular weight is 407 g/mol. The van der Waals surface area contributed by atoms with E-state index in [0.29, 0.717) is 17.4 Å². The van der Waals surface area contributed by atoms with Gasteiger partial charge in [-0.2, -0.15) is 10.2 Å². The fourth-order valence-electron chi connectivity index (χ4n) is 3.61. The fourth-order valence-corrected chi connectivity index (χ4v) is 3.84. The van der Waals surface area contributed by atoms with Gasteiger partial charge in [-0.15, -0.1) is 0 Å². The Kier molecular flexibility index (Phi) is 5.87. The first-order valence-corrected chi connectivity index (χ1v) is 10.2. The molecule has 0 atom stereocenters. The van der Waals surface area contributed by atoms with Crippen LogP contribution in [0.1, 0.15) is 54.6 Å². The Hall–Kier alpha value is -1.86. The Morgan fingerprint density at radius 3 is 2.39 bits per heavy atom. The lowest BCUT2D eigenvalue weighted by molar-refractivity contribution is 0.0750. The van der Waals surface area contributed by atoms with Crippen molar-refractivity contribution in [2.45, 2.75) is 46.1 Å². The van der Waals surface area contributed by atoms with E-state index in [1.165, 1.54) is 0 Å². The highest BCUT2D eigenvalue weighted by atomic mass is 35.5. The van der Waals surface area contributed by atoms with Gasteiger partial charge in [0.1, 0.15) is 10.8 Å². The molecule has 0 spiro atoms. The normalized spacial score (nSPS) is 16.5. The van der Waals surface area contributed by atoms with Gasteiger partial charge in [0.15, 0.2) is 0 Å². The molecule has 7 nitrogen and oxygen atoms in total. The van der Waals surface area contributed by atoms with Crippen LogP contribution in [-0.4, -0.2) is 61.4 Å². The Morgan fingerprint density at radius 1 is 1.11 bits per heavy atom. The van der Waals surface area contributed by atoms with E-state index < -0.39 is 0 Å². The molecule has 3 heterocycles. The molecule has 0 aliphatic carbocycles. The molecule has 1 saturated heterocycles. The molecule has 0 N–H and O–H groups in total. The molecule has 2 aromatic rings. The Bertz CT molecular complexity index is 863. The minimum absolute atomic E-state index is 0.0583. The molecular formula is C20H31ClN6O. The number of rotatable bonds is 3. The Balaban J connectivity index is 1.68. The van der Waals surface area contributed by atoms with Gasteiger partial charge in [-0.3, -0.25) is 19.1 Å². The van der Waals surface area contributed by atoms with Crippen molar-refractivity contribution in [3.05, 3.63) is 33.9 Å². The molecule has 3 rings (SSSR count). The van der Waals surface area contributed by atoms with Crippen LogP contribution < -0.4 is 0 Å². The predicted molar refractivity (Wildman–Crippen MR) is 111 cm³/mol. The van der Waals surface area contributed by atoms with Gasteiger partial charge in [0.05, 0.1) is 11.4 Å². The van der Waals surface area contributed by atoms with Crippen LogP contribution in [0.5, 0.6) is 0 Å². The van der Waals surface area contributed by atoms with E-state index in [4.69, 9.17) is 11.6 Å². The van der Waals surface area contributed by atoms with Crippen molar-refractivity contribution in [2.24, 2.45) is 14.1 Å². The van der Waals surface area contributed by atoms with Gasteiger partial charge in [0.2, 0.25) is 0 Å². The largest absolute Gasteiger partial charge is 0.336 e. The quantitative estimate of drug-likeness (QED) is 0.786. The number of nitrogens with zero attached hydrogens (tertiary/aromatic N) is 6. The van der Waals surface area contributed by atoms with Crippen molar-refractivity contribution >= 4 is 17.5 Å². The maximum Gasteiger partial charge on any atom is 0.272 e. The highest BCUT2D eigenvalue weighted by Crippen LogP contribution is 2.23. The number of hydrogen-bond acceptors (Lipinski definition) is 4. The molecule has 0 saturated carbocycles. The molecule has 1 fully saturated rings. The van der Waals surface area contributed by atoms with Crippen molar-refractivity contribution < 1.29 is 4.79 Å². The highest BCUT2D eigenvalue weighted by molar-refractivity contribution is 6.30. The topological polar surface area (TPSA) is 59.2 Å². The molecule has 0 radical (unpaired) electrons. The second kappa shape index (κ2) is 7.87. The number of aryl methyl sites for hydroxylation is 3. The molecule has 8 heteroatoms. The molecule has 0 bridgehead atoms. The summed E-state index contributed by atoms with van der Waals surface area (Å²) in [7, 11) is 3.71. The predicted octanol–water partition coefficient (Wildman–Crippen LogP) is 2.76. The Labute approximate surface area is 172 Å². The third-order valence-electron chi connectivity index (χ3n) is 5.39. The van der Waals surface area contributed by atoms with Crippen molar-refractivity contribution in [2.75, 3.05) is 26.2 Å². The number of aromatic nitrogens is 4. The van der Waals surface area contributed by atoms with Gasteiger partial charge in [-0.1, -0.05) is 32.4 Å². The summed E-state index contributed by atoms with van der Waals surface area (Å²) >= 11 is 6.39. The molecule has 28 heavy (non-hydrogen) atoms. The summed E-state index contributed by atoms with van der Waals surface area (Å²) in [6.45, 7) is 12.3.